The van der Waals surface area contributed by atoms with E-state index in [-0.39, 0.29) is 16.8 Å². The van der Waals surface area contributed by atoms with Crippen LogP contribution in [-0.2, 0) is 10.0 Å². The van der Waals surface area contributed by atoms with Crippen LogP contribution in [0.25, 0.3) is 0 Å². The van der Waals surface area contributed by atoms with E-state index in [1.807, 2.05) is 37.3 Å². The van der Waals surface area contributed by atoms with Gasteiger partial charge in [0, 0.05) is 19.7 Å². The number of carbonyl (C=O) groups is 1. The zero-order valence-electron chi connectivity index (χ0n) is 14.1. The monoisotopic (exact) mass is 346 g/mol. The summed E-state index contributed by atoms with van der Waals surface area (Å²) in [7, 11) is -0.640. The van der Waals surface area contributed by atoms with Crippen LogP contribution in [0, 0.1) is 0 Å². The first-order chi connectivity index (χ1) is 11.4. The van der Waals surface area contributed by atoms with E-state index < -0.39 is 10.0 Å². The van der Waals surface area contributed by atoms with Crippen molar-refractivity contribution < 1.29 is 13.2 Å². The van der Waals surface area contributed by atoms with E-state index >= 15 is 0 Å². The molecule has 2 aromatic rings. The number of benzene rings is 2. The summed E-state index contributed by atoms with van der Waals surface area (Å²) in [5.41, 5.74) is 1.35. The molecule has 0 bridgehead atoms. The predicted octanol–water partition coefficient (Wildman–Crippen LogP) is 2.82. The number of nitrogens with zero attached hydrogens (tertiary/aromatic N) is 1. The van der Waals surface area contributed by atoms with E-state index in [2.05, 4.69) is 5.32 Å². The standard InChI is InChI=1S/C18H22N2O3S/c1-4-17(14-9-6-5-7-10-14)19-18(21)15-11-8-12-16(13-15)24(22,23)20(2)3/h5-13,17H,4H2,1-3H3,(H,19,21). The molecule has 0 spiro atoms. The van der Waals surface area contributed by atoms with E-state index in [4.69, 9.17) is 0 Å². The molecular weight excluding hydrogens is 324 g/mol. The van der Waals surface area contributed by atoms with Gasteiger partial charge in [-0.25, -0.2) is 12.7 Å². The highest BCUT2D eigenvalue weighted by atomic mass is 32.2. The summed E-state index contributed by atoms with van der Waals surface area (Å²) in [6, 6.07) is 15.7. The SMILES string of the molecule is CCC(NC(=O)c1cccc(S(=O)(=O)N(C)C)c1)c1ccccc1. The summed E-state index contributed by atoms with van der Waals surface area (Å²) in [6.45, 7) is 1.99. The average Bonchev–Trinajstić information content (AvgIpc) is 2.60. The lowest BCUT2D eigenvalue weighted by Gasteiger charge is -2.18. The van der Waals surface area contributed by atoms with Crippen LogP contribution in [0.4, 0.5) is 0 Å². The highest BCUT2D eigenvalue weighted by Crippen LogP contribution is 2.18. The van der Waals surface area contributed by atoms with Gasteiger partial charge >= 0.3 is 0 Å². The maximum atomic E-state index is 12.5. The van der Waals surface area contributed by atoms with E-state index in [0.717, 1.165) is 16.3 Å². The quantitative estimate of drug-likeness (QED) is 0.875. The molecule has 0 saturated heterocycles. The minimum absolute atomic E-state index is 0.105. The molecule has 1 N–H and O–H groups in total. The normalized spacial score (nSPS) is 12.8. The van der Waals surface area contributed by atoms with Crippen LogP contribution in [0.5, 0.6) is 0 Å². The van der Waals surface area contributed by atoms with E-state index in [9.17, 15) is 13.2 Å². The second-order valence-electron chi connectivity index (χ2n) is 5.66. The molecule has 0 radical (unpaired) electrons. The maximum Gasteiger partial charge on any atom is 0.251 e. The Labute approximate surface area is 143 Å². The van der Waals surface area contributed by atoms with Crippen LogP contribution < -0.4 is 5.32 Å². The molecule has 2 aromatic carbocycles. The number of sulfonamides is 1. The van der Waals surface area contributed by atoms with Crippen LogP contribution in [0.1, 0.15) is 35.3 Å². The van der Waals surface area contributed by atoms with Gasteiger partial charge in [-0.1, -0.05) is 43.3 Å². The Kier molecular flexibility index (Phi) is 5.75. The Morgan fingerprint density at radius 2 is 1.75 bits per heavy atom. The van der Waals surface area contributed by atoms with Crippen molar-refractivity contribution in [3.05, 3.63) is 65.7 Å². The van der Waals surface area contributed by atoms with Crippen LogP contribution in [0.3, 0.4) is 0 Å². The number of amides is 1. The summed E-state index contributed by atoms with van der Waals surface area (Å²) in [5.74, 6) is -0.290. The highest BCUT2D eigenvalue weighted by Gasteiger charge is 2.20. The molecule has 0 heterocycles. The van der Waals surface area contributed by atoms with Crippen molar-refractivity contribution in [2.75, 3.05) is 14.1 Å². The number of hydrogen-bond donors (Lipinski definition) is 1. The van der Waals surface area contributed by atoms with Crippen LogP contribution in [0.2, 0.25) is 0 Å². The van der Waals surface area contributed by atoms with Crippen molar-refractivity contribution in [2.24, 2.45) is 0 Å². The Morgan fingerprint density at radius 3 is 2.33 bits per heavy atom. The minimum atomic E-state index is -3.57. The molecule has 1 unspecified atom stereocenters. The summed E-state index contributed by atoms with van der Waals surface area (Å²) in [6.07, 6.45) is 0.742. The van der Waals surface area contributed by atoms with Crippen molar-refractivity contribution in [2.45, 2.75) is 24.3 Å². The fraction of sp³-hybridized carbons (Fsp3) is 0.278. The van der Waals surface area contributed by atoms with Gasteiger partial charge in [0.2, 0.25) is 10.0 Å². The smallest absolute Gasteiger partial charge is 0.251 e. The van der Waals surface area contributed by atoms with Crippen molar-refractivity contribution in [1.29, 1.82) is 0 Å². The first kappa shape index (κ1) is 18.2. The fourth-order valence-corrected chi connectivity index (χ4v) is 3.30. The second kappa shape index (κ2) is 7.59. The van der Waals surface area contributed by atoms with Crippen molar-refractivity contribution >= 4 is 15.9 Å². The second-order valence-corrected chi connectivity index (χ2v) is 7.81. The van der Waals surface area contributed by atoms with Crippen LogP contribution >= 0.6 is 0 Å². The molecule has 0 aromatic heterocycles. The number of hydrogen-bond acceptors (Lipinski definition) is 3. The fourth-order valence-electron chi connectivity index (χ4n) is 2.36. The lowest BCUT2D eigenvalue weighted by Crippen LogP contribution is -2.28. The first-order valence-corrected chi connectivity index (χ1v) is 9.18. The molecule has 1 amide bonds. The predicted molar refractivity (Wildman–Crippen MR) is 94.3 cm³/mol. The van der Waals surface area contributed by atoms with Gasteiger partial charge in [0.25, 0.3) is 5.91 Å². The zero-order chi connectivity index (χ0) is 17.7. The summed E-state index contributed by atoms with van der Waals surface area (Å²) < 4.78 is 25.5. The molecule has 0 fully saturated rings. The van der Waals surface area contributed by atoms with Gasteiger partial charge < -0.3 is 5.32 Å². The molecule has 0 saturated carbocycles. The minimum Gasteiger partial charge on any atom is -0.345 e. The molecule has 1 atom stereocenters. The van der Waals surface area contributed by atoms with Crippen molar-refractivity contribution in [3.8, 4) is 0 Å². The zero-order valence-corrected chi connectivity index (χ0v) is 14.9. The van der Waals surface area contributed by atoms with Gasteiger partial charge in [-0.05, 0) is 30.2 Å². The molecule has 0 aliphatic rings. The summed E-state index contributed by atoms with van der Waals surface area (Å²) in [5, 5.41) is 2.96. The van der Waals surface area contributed by atoms with E-state index in [0.29, 0.717) is 5.56 Å². The molecule has 24 heavy (non-hydrogen) atoms. The van der Waals surface area contributed by atoms with E-state index in [1.54, 1.807) is 12.1 Å². The van der Waals surface area contributed by atoms with Gasteiger partial charge in [0.1, 0.15) is 0 Å². The van der Waals surface area contributed by atoms with Gasteiger partial charge in [0.05, 0.1) is 10.9 Å². The van der Waals surface area contributed by atoms with Crippen LogP contribution in [0.15, 0.2) is 59.5 Å². The summed E-state index contributed by atoms with van der Waals surface area (Å²) in [4.78, 5) is 12.6. The molecule has 5 nitrogen and oxygen atoms in total. The highest BCUT2D eigenvalue weighted by molar-refractivity contribution is 7.89. The van der Waals surface area contributed by atoms with Crippen molar-refractivity contribution in [1.82, 2.24) is 9.62 Å². The van der Waals surface area contributed by atoms with Gasteiger partial charge in [-0.2, -0.15) is 0 Å². The molecule has 6 heteroatoms. The van der Waals surface area contributed by atoms with Gasteiger partial charge in [0.15, 0.2) is 0 Å². The number of carbonyl (C=O) groups excluding carboxylic acids is 1. The molecule has 0 aliphatic heterocycles. The summed E-state index contributed by atoms with van der Waals surface area (Å²) >= 11 is 0. The third kappa shape index (κ3) is 4.01. The lowest BCUT2D eigenvalue weighted by atomic mass is 10.0. The molecule has 0 aliphatic carbocycles. The van der Waals surface area contributed by atoms with Gasteiger partial charge in [-0.15, -0.1) is 0 Å². The van der Waals surface area contributed by atoms with Crippen LogP contribution in [-0.4, -0.2) is 32.7 Å². The Balaban J connectivity index is 2.24. The topological polar surface area (TPSA) is 66.5 Å². The number of nitrogens with one attached hydrogen (secondary N) is 1. The molecular formula is C18H22N2O3S. The molecule has 2 rings (SSSR count). The largest absolute Gasteiger partial charge is 0.345 e. The van der Waals surface area contributed by atoms with Crippen molar-refractivity contribution in [3.63, 3.8) is 0 Å². The average molecular weight is 346 g/mol. The third-order valence-electron chi connectivity index (χ3n) is 3.79. The number of rotatable bonds is 6. The Bertz CT molecular complexity index is 802. The maximum absolute atomic E-state index is 12.5. The van der Waals surface area contributed by atoms with Gasteiger partial charge in [-0.3, -0.25) is 4.79 Å². The van der Waals surface area contributed by atoms with E-state index in [1.165, 1.54) is 26.2 Å². The lowest BCUT2D eigenvalue weighted by molar-refractivity contribution is 0.0935. The Hall–Kier alpha value is -2.18. The Morgan fingerprint density at radius 1 is 1.08 bits per heavy atom. The first-order valence-electron chi connectivity index (χ1n) is 7.74. The third-order valence-corrected chi connectivity index (χ3v) is 5.60. The molecule has 128 valence electrons.